The first-order chi connectivity index (χ1) is 9.79. The van der Waals surface area contributed by atoms with Crippen molar-refractivity contribution in [3.63, 3.8) is 0 Å². The number of fused-ring (bicyclic) bond motifs is 1. The van der Waals surface area contributed by atoms with Crippen molar-refractivity contribution in [2.45, 2.75) is 64.1 Å². The molecule has 0 unspecified atom stereocenters. The minimum atomic E-state index is -0.866. The molecule has 1 amide bonds. The fourth-order valence-corrected chi connectivity index (χ4v) is 4.41. The molecule has 2 rings (SSSR count). The van der Waals surface area contributed by atoms with Crippen molar-refractivity contribution in [1.29, 1.82) is 0 Å². The second kappa shape index (κ2) is 5.95. The maximum absolute atomic E-state index is 11.6. The Morgan fingerprint density at radius 1 is 1.29 bits per heavy atom. The zero-order valence-electron chi connectivity index (χ0n) is 13.4. The molecule has 2 fully saturated rings. The van der Waals surface area contributed by atoms with Gasteiger partial charge in [-0.25, -0.2) is 4.79 Å². The molecule has 1 N–H and O–H groups in total. The van der Waals surface area contributed by atoms with E-state index in [0.29, 0.717) is 5.92 Å². The molecule has 2 aliphatic rings. The van der Waals surface area contributed by atoms with Crippen molar-refractivity contribution in [1.82, 2.24) is 4.90 Å². The number of rotatable bonds is 3. The number of ether oxygens (including phenoxy) is 1. The number of nitrogens with zero attached hydrogens (tertiary/aromatic N) is 1. The van der Waals surface area contributed by atoms with Gasteiger partial charge in [-0.3, -0.25) is 0 Å². The van der Waals surface area contributed by atoms with Crippen LogP contribution in [-0.2, 0) is 9.53 Å². The summed E-state index contributed by atoms with van der Waals surface area (Å²) in [6, 6.07) is 0.00167. The van der Waals surface area contributed by atoms with Crippen LogP contribution in [-0.4, -0.2) is 47.2 Å². The molecule has 0 aliphatic heterocycles. The van der Waals surface area contributed by atoms with Gasteiger partial charge in [0.15, 0.2) is 0 Å². The van der Waals surface area contributed by atoms with E-state index >= 15 is 0 Å². The van der Waals surface area contributed by atoms with Gasteiger partial charge in [0, 0.05) is 24.6 Å². The quantitative estimate of drug-likeness (QED) is 0.813. The van der Waals surface area contributed by atoms with Crippen LogP contribution in [0.1, 0.15) is 46.5 Å². The van der Waals surface area contributed by atoms with E-state index in [1.165, 1.54) is 0 Å². The average Bonchev–Trinajstić information content (AvgIpc) is 2.73. The Labute approximate surface area is 126 Å². The van der Waals surface area contributed by atoms with Crippen LogP contribution in [0.15, 0.2) is 0 Å². The molecule has 0 heterocycles. The Balaban J connectivity index is 2.17. The van der Waals surface area contributed by atoms with E-state index in [9.17, 15) is 14.7 Å². The fourth-order valence-electron chi connectivity index (χ4n) is 4.41. The van der Waals surface area contributed by atoms with E-state index in [1.807, 2.05) is 20.8 Å². The minimum absolute atomic E-state index is 0.00167. The largest absolute Gasteiger partial charge is 0.465 e. The van der Waals surface area contributed by atoms with Gasteiger partial charge in [-0.1, -0.05) is 0 Å². The third-order valence-electron chi connectivity index (χ3n) is 5.23. The van der Waals surface area contributed by atoms with Crippen molar-refractivity contribution in [3.8, 4) is 0 Å². The van der Waals surface area contributed by atoms with E-state index in [2.05, 4.69) is 0 Å². The molecule has 0 aromatic carbocycles. The Hall–Kier alpha value is -1.10. The van der Waals surface area contributed by atoms with Gasteiger partial charge < -0.3 is 19.5 Å². The van der Waals surface area contributed by atoms with Crippen LogP contribution in [0.4, 0.5) is 4.79 Å². The van der Waals surface area contributed by atoms with Crippen LogP contribution in [0.2, 0.25) is 0 Å². The molecule has 0 spiro atoms. The lowest BCUT2D eigenvalue weighted by Gasteiger charge is -2.44. The highest BCUT2D eigenvalue weighted by Crippen LogP contribution is 2.47. The van der Waals surface area contributed by atoms with Crippen LogP contribution in [0.5, 0.6) is 0 Å². The summed E-state index contributed by atoms with van der Waals surface area (Å²) in [4.78, 5) is 24.6. The lowest BCUT2D eigenvalue weighted by molar-refractivity contribution is -0.116. The second-order valence-corrected chi connectivity index (χ2v) is 7.44. The summed E-state index contributed by atoms with van der Waals surface area (Å²) >= 11 is 0. The number of aldehydes is 1. The van der Waals surface area contributed by atoms with Crippen molar-refractivity contribution in [2.24, 2.45) is 17.8 Å². The van der Waals surface area contributed by atoms with Gasteiger partial charge in [0.1, 0.15) is 6.29 Å². The summed E-state index contributed by atoms with van der Waals surface area (Å²) in [5.74, 6) is 0.672. The molecule has 120 valence electrons. The normalized spacial score (nSPS) is 36.1. The Morgan fingerprint density at radius 2 is 1.95 bits per heavy atom. The van der Waals surface area contributed by atoms with E-state index in [1.54, 1.807) is 12.0 Å². The second-order valence-electron chi connectivity index (χ2n) is 7.44. The standard InChI is InChI=1S/C16H27NO4/c1-16(2,3)17(15(19)20)11-6-5-10-7-14(21-4)13(9-18)12(10)8-11/h9-14H,5-8H2,1-4H3,(H,19,20)/t10-,11-,12-,13+,14+/m1/s1. The van der Waals surface area contributed by atoms with Gasteiger partial charge >= 0.3 is 6.09 Å². The van der Waals surface area contributed by atoms with Crippen LogP contribution >= 0.6 is 0 Å². The van der Waals surface area contributed by atoms with Gasteiger partial charge in [0.2, 0.25) is 0 Å². The Morgan fingerprint density at radius 3 is 2.43 bits per heavy atom. The topological polar surface area (TPSA) is 66.8 Å². The summed E-state index contributed by atoms with van der Waals surface area (Å²) in [6.07, 6.45) is 3.73. The maximum Gasteiger partial charge on any atom is 0.407 e. The third-order valence-corrected chi connectivity index (χ3v) is 5.23. The number of carbonyl (C=O) groups is 2. The van der Waals surface area contributed by atoms with Crippen LogP contribution in [0, 0.1) is 17.8 Å². The molecular weight excluding hydrogens is 270 g/mol. The molecule has 2 aliphatic carbocycles. The highest BCUT2D eigenvalue weighted by atomic mass is 16.5. The molecule has 0 aromatic heterocycles. The van der Waals surface area contributed by atoms with Crippen LogP contribution in [0.3, 0.4) is 0 Å². The maximum atomic E-state index is 11.6. The average molecular weight is 297 g/mol. The first-order valence-electron chi connectivity index (χ1n) is 7.80. The SMILES string of the molecule is CO[C@H]1C[C@H]2CC[C@@H](N(C(=O)O)C(C)(C)C)C[C@H]2[C@@H]1C=O. The van der Waals surface area contributed by atoms with Gasteiger partial charge in [-0.2, -0.15) is 0 Å². The van der Waals surface area contributed by atoms with E-state index in [4.69, 9.17) is 4.74 Å². The molecular formula is C16H27NO4. The highest BCUT2D eigenvalue weighted by Gasteiger charge is 2.48. The summed E-state index contributed by atoms with van der Waals surface area (Å²) in [5, 5.41) is 9.55. The number of hydrogen-bond acceptors (Lipinski definition) is 3. The van der Waals surface area contributed by atoms with Crippen molar-refractivity contribution in [2.75, 3.05) is 7.11 Å². The van der Waals surface area contributed by atoms with Crippen molar-refractivity contribution >= 4 is 12.4 Å². The molecule has 0 aromatic rings. The summed E-state index contributed by atoms with van der Waals surface area (Å²) in [6.45, 7) is 5.78. The van der Waals surface area contributed by atoms with Crippen molar-refractivity contribution in [3.05, 3.63) is 0 Å². The molecule has 0 bridgehead atoms. The lowest BCUT2D eigenvalue weighted by atomic mass is 9.75. The minimum Gasteiger partial charge on any atom is -0.465 e. The van der Waals surface area contributed by atoms with Gasteiger partial charge in [0.05, 0.1) is 6.10 Å². The van der Waals surface area contributed by atoms with E-state index < -0.39 is 11.6 Å². The first kappa shape index (κ1) is 16.3. The van der Waals surface area contributed by atoms with E-state index in [0.717, 1.165) is 32.0 Å². The number of carboxylic acid groups (broad SMARTS) is 1. The zero-order valence-corrected chi connectivity index (χ0v) is 13.4. The molecule has 0 radical (unpaired) electrons. The molecule has 5 atom stereocenters. The molecule has 21 heavy (non-hydrogen) atoms. The summed E-state index contributed by atoms with van der Waals surface area (Å²) in [7, 11) is 1.66. The number of methoxy groups -OCH3 is 1. The lowest BCUT2D eigenvalue weighted by Crippen LogP contribution is -2.53. The predicted octanol–water partition coefficient (Wildman–Crippen LogP) is 2.78. The number of amides is 1. The highest BCUT2D eigenvalue weighted by molar-refractivity contribution is 5.66. The van der Waals surface area contributed by atoms with Crippen molar-refractivity contribution < 1.29 is 19.4 Å². The summed E-state index contributed by atoms with van der Waals surface area (Å²) < 4.78 is 5.46. The Bertz CT molecular complexity index is 404. The van der Waals surface area contributed by atoms with Crippen LogP contribution < -0.4 is 0 Å². The molecule has 2 saturated carbocycles. The van der Waals surface area contributed by atoms with Crippen LogP contribution in [0.25, 0.3) is 0 Å². The van der Waals surface area contributed by atoms with Gasteiger partial charge in [0.25, 0.3) is 0 Å². The predicted molar refractivity (Wildman–Crippen MR) is 79.2 cm³/mol. The third kappa shape index (κ3) is 3.07. The van der Waals surface area contributed by atoms with Gasteiger partial charge in [-0.15, -0.1) is 0 Å². The molecule has 5 heteroatoms. The monoisotopic (exact) mass is 297 g/mol. The van der Waals surface area contributed by atoms with E-state index in [-0.39, 0.29) is 24.0 Å². The smallest absolute Gasteiger partial charge is 0.407 e. The zero-order chi connectivity index (χ0) is 15.8. The van der Waals surface area contributed by atoms with Gasteiger partial charge in [-0.05, 0) is 58.3 Å². The first-order valence-corrected chi connectivity index (χ1v) is 7.80. The number of carbonyl (C=O) groups excluding carboxylic acids is 1. The fraction of sp³-hybridized carbons (Fsp3) is 0.875. The molecule has 0 saturated heterocycles. The summed E-state index contributed by atoms with van der Waals surface area (Å²) in [5.41, 5.74) is -0.417. The number of hydrogen-bond donors (Lipinski definition) is 1. The molecule has 5 nitrogen and oxygen atoms in total. The Kier molecular flexibility index (Phi) is 4.61.